The number of anilines is 1. The van der Waals surface area contributed by atoms with E-state index in [9.17, 15) is 4.79 Å². The predicted octanol–water partition coefficient (Wildman–Crippen LogP) is 3.17. The van der Waals surface area contributed by atoms with E-state index in [0.29, 0.717) is 12.3 Å². The SMILES string of the molecule is CN(C)c1ccc(CNC(=O)CSc2nc3ccccc3s2)cn1. The number of pyridine rings is 1. The first-order chi connectivity index (χ1) is 11.6. The van der Waals surface area contributed by atoms with Crippen LogP contribution in [0.2, 0.25) is 0 Å². The number of amides is 1. The average Bonchev–Trinajstić information content (AvgIpc) is 3.01. The molecule has 0 aliphatic heterocycles. The summed E-state index contributed by atoms with van der Waals surface area (Å²) in [6.07, 6.45) is 1.79. The van der Waals surface area contributed by atoms with Crippen LogP contribution in [0.1, 0.15) is 5.56 Å². The number of nitrogens with zero attached hydrogens (tertiary/aromatic N) is 3. The molecule has 0 aliphatic rings. The molecular formula is C17H18N4OS2. The second-order valence-corrected chi connectivity index (χ2v) is 7.69. The Hall–Kier alpha value is -2.12. The molecule has 0 saturated heterocycles. The molecule has 0 aliphatic carbocycles. The fraction of sp³-hybridized carbons (Fsp3) is 0.235. The Balaban J connectivity index is 1.48. The number of thiazole rings is 1. The number of thioether (sulfide) groups is 1. The molecule has 7 heteroatoms. The second kappa shape index (κ2) is 7.63. The first kappa shape index (κ1) is 16.7. The van der Waals surface area contributed by atoms with Gasteiger partial charge in [-0.05, 0) is 23.8 Å². The number of nitrogens with one attached hydrogen (secondary N) is 1. The van der Waals surface area contributed by atoms with Crippen molar-refractivity contribution in [3.8, 4) is 0 Å². The molecule has 0 bridgehead atoms. The highest BCUT2D eigenvalue weighted by Gasteiger charge is 2.07. The summed E-state index contributed by atoms with van der Waals surface area (Å²) in [5.41, 5.74) is 1.97. The van der Waals surface area contributed by atoms with Crippen molar-refractivity contribution in [2.24, 2.45) is 0 Å². The zero-order chi connectivity index (χ0) is 16.9. The maximum atomic E-state index is 12.0. The molecule has 0 radical (unpaired) electrons. The number of para-hydroxylation sites is 1. The van der Waals surface area contributed by atoms with Gasteiger partial charge in [0.25, 0.3) is 0 Å². The number of aromatic nitrogens is 2. The van der Waals surface area contributed by atoms with Crippen LogP contribution in [-0.4, -0.2) is 35.7 Å². The number of benzene rings is 1. The molecule has 124 valence electrons. The second-order valence-electron chi connectivity index (χ2n) is 5.43. The number of hydrogen-bond donors (Lipinski definition) is 1. The molecule has 0 unspecified atom stereocenters. The molecule has 0 atom stereocenters. The molecule has 2 aromatic heterocycles. The number of rotatable bonds is 6. The van der Waals surface area contributed by atoms with Gasteiger partial charge in [-0.2, -0.15) is 0 Å². The summed E-state index contributed by atoms with van der Waals surface area (Å²) in [6, 6.07) is 11.9. The minimum absolute atomic E-state index is 0.00376. The molecule has 3 rings (SSSR count). The summed E-state index contributed by atoms with van der Waals surface area (Å²) in [5, 5.41) is 2.92. The zero-order valence-corrected chi connectivity index (χ0v) is 15.2. The van der Waals surface area contributed by atoms with Crippen molar-refractivity contribution in [3.63, 3.8) is 0 Å². The third kappa shape index (κ3) is 4.24. The Morgan fingerprint density at radius 3 is 2.79 bits per heavy atom. The number of carbonyl (C=O) groups is 1. The van der Waals surface area contributed by atoms with Crippen molar-refractivity contribution >= 4 is 45.0 Å². The molecule has 0 fully saturated rings. The highest BCUT2D eigenvalue weighted by molar-refractivity contribution is 8.01. The average molecular weight is 358 g/mol. The van der Waals surface area contributed by atoms with Crippen LogP contribution in [0.25, 0.3) is 10.2 Å². The van der Waals surface area contributed by atoms with Gasteiger partial charge in [0, 0.05) is 26.8 Å². The van der Waals surface area contributed by atoms with Gasteiger partial charge in [-0.25, -0.2) is 9.97 Å². The topological polar surface area (TPSA) is 58.1 Å². The molecule has 0 spiro atoms. The third-order valence-corrected chi connectivity index (χ3v) is 5.54. The largest absolute Gasteiger partial charge is 0.363 e. The Morgan fingerprint density at radius 2 is 2.08 bits per heavy atom. The van der Waals surface area contributed by atoms with Crippen LogP contribution in [0.4, 0.5) is 5.82 Å². The lowest BCUT2D eigenvalue weighted by Crippen LogP contribution is -2.24. The summed E-state index contributed by atoms with van der Waals surface area (Å²) < 4.78 is 2.07. The minimum Gasteiger partial charge on any atom is -0.363 e. The Bertz CT molecular complexity index is 797. The van der Waals surface area contributed by atoms with Crippen LogP contribution in [0, 0.1) is 0 Å². The minimum atomic E-state index is -0.00376. The summed E-state index contributed by atoms with van der Waals surface area (Å²) in [6.45, 7) is 0.486. The number of hydrogen-bond acceptors (Lipinski definition) is 6. The highest BCUT2D eigenvalue weighted by Crippen LogP contribution is 2.29. The van der Waals surface area contributed by atoms with Crippen LogP contribution in [0.15, 0.2) is 46.9 Å². The predicted molar refractivity (Wildman–Crippen MR) is 101 cm³/mol. The van der Waals surface area contributed by atoms with Gasteiger partial charge < -0.3 is 10.2 Å². The lowest BCUT2D eigenvalue weighted by atomic mass is 10.3. The summed E-state index contributed by atoms with van der Waals surface area (Å²) in [7, 11) is 3.89. The zero-order valence-electron chi connectivity index (χ0n) is 13.5. The summed E-state index contributed by atoms with van der Waals surface area (Å²) >= 11 is 3.08. The first-order valence-corrected chi connectivity index (χ1v) is 9.29. The normalized spacial score (nSPS) is 10.8. The van der Waals surface area contributed by atoms with E-state index in [2.05, 4.69) is 15.3 Å². The van der Waals surface area contributed by atoms with E-state index in [1.165, 1.54) is 11.8 Å². The highest BCUT2D eigenvalue weighted by atomic mass is 32.2. The van der Waals surface area contributed by atoms with Gasteiger partial charge in [-0.15, -0.1) is 11.3 Å². The van der Waals surface area contributed by atoms with Gasteiger partial charge in [0.1, 0.15) is 5.82 Å². The standard InChI is InChI=1S/C17H18N4OS2/c1-21(2)15-8-7-12(9-18-15)10-19-16(22)11-23-17-20-13-5-3-4-6-14(13)24-17/h3-9H,10-11H2,1-2H3,(H,19,22). The van der Waals surface area contributed by atoms with E-state index in [0.717, 1.165) is 25.9 Å². The fourth-order valence-corrected chi connectivity index (χ4v) is 3.98. The Labute approximate surface area is 149 Å². The molecule has 1 aromatic carbocycles. The van der Waals surface area contributed by atoms with Crippen LogP contribution < -0.4 is 10.2 Å². The summed E-state index contributed by atoms with van der Waals surface area (Å²) in [4.78, 5) is 22.8. The van der Waals surface area contributed by atoms with E-state index < -0.39 is 0 Å². The lowest BCUT2D eigenvalue weighted by molar-refractivity contribution is -0.118. The van der Waals surface area contributed by atoms with Gasteiger partial charge in [-0.1, -0.05) is 30.0 Å². The van der Waals surface area contributed by atoms with Gasteiger partial charge in [0.15, 0.2) is 4.34 Å². The van der Waals surface area contributed by atoms with Crippen molar-refractivity contribution in [1.82, 2.24) is 15.3 Å². The molecule has 5 nitrogen and oxygen atoms in total. The molecule has 3 aromatic rings. The number of carbonyl (C=O) groups excluding carboxylic acids is 1. The molecular weight excluding hydrogens is 340 g/mol. The molecule has 1 N–H and O–H groups in total. The van der Waals surface area contributed by atoms with Crippen molar-refractivity contribution in [1.29, 1.82) is 0 Å². The summed E-state index contributed by atoms with van der Waals surface area (Å²) in [5.74, 6) is 1.26. The fourth-order valence-electron chi connectivity index (χ4n) is 2.08. The van der Waals surface area contributed by atoms with E-state index >= 15 is 0 Å². The Kier molecular flexibility index (Phi) is 5.32. The van der Waals surface area contributed by atoms with Gasteiger partial charge in [0.2, 0.25) is 5.91 Å². The van der Waals surface area contributed by atoms with E-state index in [4.69, 9.17) is 0 Å². The van der Waals surface area contributed by atoms with Crippen LogP contribution >= 0.6 is 23.1 Å². The van der Waals surface area contributed by atoms with Gasteiger partial charge in [-0.3, -0.25) is 4.79 Å². The van der Waals surface area contributed by atoms with E-state index in [1.807, 2.05) is 55.4 Å². The van der Waals surface area contributed by atoms with Crippen molar-refractivity contribution in [2.45, 2.75) is 10.9 Å². The van der Waals surface area contributed by atoms with Crippen LogP contribution in [0.3, 0.4) is 0 Å². The van der Waals surface area contributed by atoms with E-state index in [1.54, 1.807) is 17.5 Å². The van der Waals surface area contributed by atoms with Gasteiger partial charge >= 0.3 is 0 Å². The number of fused-ring (bicyclic) bond motifs is 1. The lowest BCUT2D eigenvalue weighted by Gasteiger charge is -2.11. The van der Waals surface area contributed by atoms with E-state index in [-0.39, 0.29) is 5.91 Å². The van der Waals surface area contributed by atoms with Gasteiger partial charge in [0.05, 0.1) is 16.0 Å². The van der Waals surface area contributed by atoms with Crippen LogP contribution in [0.5, 0.6) is 0 Å². The maximum absolute atomic E-state index is 12.0. The van der Waals surface area contributed by atoms with Crippen molar-refractivity contribution < 1.29 is 4.79 Å². The monoisotopic (exact) mass is 358 g/mol. The maximum Gasteiger partial charge on any atom is 0.230 e. The first-order valence-electron chi connectivity index (χ1n) is 7.49. The molecule has 2 heterocycles. The third-order valence-electron chi connectivity index (χ3n) is 3.36. The smallest absolute Gasteiger partial charge is 0.230 e. The van der Waals surface area contributed by atoms with Crippen molar-refractivity contribution in [2.75, 3.05) is 24.7 Å². The molecule has 0 saturated carbocycles. The Morgan fingerprint density at radius 1 is 1.25 bits per heavy atom. The quantitative estimate of drug-likeness (QED) is 0.686. The van der Waals surface area contributed by atoms with Crippen molar-refractivity contribution in [3.05, 3.63) is 48.2 Å². The van der Waals surface area contributed by atoms with Crippen LogP contribution in [-0.2, 0) is 11.3 Å². The molecule has 24 heavy (non-hydrogen) atoms. The molecule has 1 amide bonds.